The number of ketones is 2. The van der Waals surface area contributed by atoms with Gasteiger partial charge in [-0.2, -0.15) is 0 Å². The zero-order chi connectivity index (χ0) is 22.8. The lowest BCUT2D eigenvalue weighted by molar-refractivity contribution is -0.128. The van der Waals surface area contributed by atoms with E-state index in [0.29, 0.717) is 42.1 Å². The molecule has 7 nitrogen and oxygen atoms in total. The highest BCUT2D eigenvalue weighted by Crippen LogP contribution is 2.29. The van der Waals surface area contributed by atoms with Crippen molar-refractivity contribution in [1.82, 2.24) is 10.2 Å². The third-order valence-corrected chi connectivity index (χ3v) is 6.34. The van der Waals surface area contributed by atoms with E-state index in [-0.39, 0.29) is 36.5 Å². The smallest absolute Gasteiger partial charge is 0.319 e. The number of anilines is 1. The normalized spacial score (nSPS) is 18.4. The lowest BCUT2D eigenvalue weighted by Gasteiger charge is -2.25. The lowest BCUT2D eigenvalue weighted by Crippen LogP contribution is -2.41. The second-order valence-corrected chi connectivity index (χ2v) is 8.69. The first kappa shape index (κ1) is 22.0. The van der Waals surface area contributed by atoms with Crippen LogP contribution in [0.3, 0.4) is 0 Å². The Morgan fingerprint density at radius 3 is 2.75 bits per heavy atom. The molecule has 0 radical (unpaired) electrons. The van der Waals surface area contributed by atoms with Crippen molar-refractivity contribution in [2.45, 2.75) is 51.7 Å². The highest BCUT2D eigenvalue weighted by molar-refractivity contribution is 6.31. The summed E-state index contributed by atoms with van der Waals surface area (Å²) >= 11 is 6.09. The van der Waals surface area contributed by atoms with Gasteiger partial charge in [-0.3, -0.25) is 14.4 Å². The largest absolute Gasteiger partial charge is 0.334 e. The van der Waals surface area contributed by atoms with Gasteiger partial charge in [0.1, 0.15) is 5.78 Å². The van der Waals surface area contributed by atoms with Crippen LogP contribution in [-0.2, 0) is 22.7 Å². The van der Waals surface area contributed by atoms with E-state index in [1.54, 1.807) is 29.2 Å². The third-order valence-electron chi connectivity index (χ3n) is 5.94. The van der Waals surface area contributed by atoms with Gasteiger partial charge in [-0.1, -0.05) is 29.8 Å². The van der Waals surface area contributed by atoms with Gasteiger partial charge < -0.3 is 15.5 Å². The van der Waals surface area contributed by atoms with Crippen LogP contribution >= 0.6 is 11.6 Å². The van der Waals surface area contributed by atoms with E-state index in [2.05, 4.69) is 10.6 Å². The quantitative estimate of drug-likeness (QED) is 0.540. The second-order valence-electron chi connectivity index (χ2n) is 8.29. The minimum atomic E-state index is -0.546. The van der Waals surface area contributed by atoms with Crippen LogP contribution in [0.2, 0.25) is 5.02 Å². The van der Waals surface area contributed by atoms with Crippen molar-refractivity contribution in [2.24, 2.45) is 0 Å². The Morgan fingerprint density at radius 2 is 1.97 bits per heavy atom. The van der Waals surface area contributed by atoms with Crippen LogP contribution in [0.5, 0.6) is 0 Å². The Bertz CT molecular complexity index is 1110. The van der Waals surface area contributed by atoms with Crippen molar-refractivity contribution >= 4 is 40.8 Å². The fourth-order valence-electron chi connectivity index (χ4n) is 4.17. The predicted molar refractivity (Wildman–Crippen MR) is 121 cm³/mol. The summed E-state index contributed by atoms with van der Waals surface area (Å²) in [6.45, 7) is 2.50. The number of rotatable bonds is 4. The van der Waals surface area contributed by atoms with Gasteiger partial charge in [-0.15, -0.1) is 0 Å². The molecule has 166 valence electrons. The molecule has 0 bridgehead atoms. The highest BCUT2D eigenvalue weighted by atomic mass is 35.5. The van der Waals surface area contributed by atoms with Crippen molar-refractivity contribution in [3.8, 4) is 0 Å². The van der Waals surface area contributed by atoms with E-state index in [4.69, 9.17) is 11.6 Å². The summed E-state index contributed by atoms with van der Waals surface area (Å²) in [6.07, 6.45) is 1.43. The molecule has 1 aliphatic heterocycles. The molecule has 3 amide bonds. The summed E-state index contributed by atoms with van der Waals surface area (Å²) in [6, 6.07) is 9.79. The zero-order valence-corrected chi connectivity index (χ0v) is 18.5. The van der Waals surface area contributed by atoms with Gasteiger partial charge in [0.05, 0.1) is 12.5 Å². The maximum Gasteiger partial charge on any atom is 0.319 e. The number of nitrogens with zero attached hydrogens (tertiary/aromatic N) is 1. The summed E-state index contributed by atoms with van der Waals surface area (Å²) in [4.78, 5) is 50.8. The summed E-state index contributed by atoms with van der Waals surface area (Å²) in [5.74, 6) is -0.411. The highest BCUT2D eigenvalue weighted by Gasteiger charge is 2.37. The van der Waals surface area contributed by atoms with Crippen LogP contribution in [0.15, 0.2) is 36.4 Å². The zero-order valence-electron chi connectivity index (χ0n) is 17.7. The van der Waals surface area contributed by atoms with Gasteiger partial charge in [0, 0.05) is 35.8 Å². The molecule has 4 rings (SSSR count). The molecule has 1 aliphatic carbocycles. The molecule has 0 aromatic heterocycles. The lowest BCUT2D eigenvalue weighted by atomic mass is 10.1. The summed E-state index contributed by atoms with van der Waals surface area (Å²) < 4.78 is 0. The molecule has 1 fully saturated rings. The number of fused-ring (bicyclic) bond motifs is 1. The van der Waals surface area contributed by atoms with Crippen LogP contribution < -0.4 is 10.6 Å². The van der Waals surface area contributed by atoms with E-state index in [1.165, 1.54) is 0 Å². The van der Waals surface area contributed by atoms with Crippen LogP contribution in [0, 0.1) is 6.92 Å². The minimum Gasteiger partial charge on any atom is -0.334 e. The summed E-state index contributed by atoms with van der Waals surface area (Å²) in [5, 5.41) is 6.11. The van der Waals surface area contributed by atoms with Crippen LogP contribution in [0.1, 0.15) is 52.7 Å². The van der Waals surface area contributed by atoms with Crippen molar-refractivity contribution in [3.05, 3.63) is 63.7 Å². The summed E-state index contributed by atoms with van der Waals surface area (Å²) in [5.41, 5.74) is 3.76. The number of nitrogens with one attached hydrogen (secondary N) is 2. The molecular weight excluding hydrogens is 430 g/mol. The molecule has 2 aromatic carbocycles. The molecule has 1 heterocycles. The summed E-state index contributed by atoms with van der Waals surface area (Å²) in [7, 11) is 0. The molecule has 1 saturated carbocycles. The number of hydrogen-bond acceptors (Lipinski definition) is 4. The minimum absolute atomic E-state index is 0.0544. The van der Waals surface area contributed by atoms with Crippen LogP contribution in [0.4, 0.5) is 10.5 Å². The Balaban J connectivity index is 1.39. The van der Waals surface area contributed by atoms with Crippen molar-refractivity contribution in [3.63, 3.8) is 0 Å². The number of benzene rings is 2. The van der Waals surface area contributed by atoms with E-state index in [9.17, 15) is 19.2 Å². The predicted octanol–water partition coefficient (Wildman–Crippen LogP) is 4.01. The van der Waals surface area contributed by atoms with Crippen molar-refractivity contribution in [2.75, 3.05) is 5.32 Å². The molecule has 8 heteroatoms. The van der Waals surface area contributed by atoms with E-state index in [0.717, 1.165) is 16.7 Å². The number of halogens is 1. The number of urea groups is 1. The average molecular weight is 454 g/mol. The first-order valence-electron chi connectivity index (χ1n) is 10.6. The Kier molecular flexibility index (Phi) is 6.28. The van der Waals surface area contributed by atoms with Gasteiger partial charge >= 0.3 is 6.03 Å². The van der Waals surface area contributed by atoms with Gasteiger partial charge in [0.25, 0.3) is 5.91 Å². The number of amides is 3. The van der Waals surface area contributed by atoms with Gasteiger partial charge in [0.15, 0.2) is 5.78 Å². The third kappa shape index (κ3) is 4.67. The average Bonchev–Trinajstić information content (AvgIpc) is 2.97. The van der Waals surface area contributed by atoms with Gasteiger partial charge in [-0.05, 0) is 54.7 Å². The number of Topliss-reactive ketones (excluding diaryl/α,β-unsaturated/α-hetero) is 2. The Labute approximate surface area is 191 Å². The molecule has 0 unspecified atom stereocenters. The molecule has 32 heavy (non-hydrogen) atoms. The fraction of sp³-hybridized carbons (Fsp3) is 0.333. The first-order valence-corrected chi connectivity index (χ1v) is 11.0. The monoisotopic (exact) mass is 453 g/mol. The van der Waals surface area contributed by atoms with Crippen LogP contribution in [-0.4, -0.2) is 34.4 Å². The first-order chi connectivity index (χ1) is 15.3. The van der Waals surface area contributed by atoms with E-state index < -0.39 is 6.04 Å². The molecule has 1 atom stereocenters. The van der Waals surface area contributed by atoms with Gasteiger partial charge in [0.2, 0.25) is 0 Å². The molecule has 0 saturated heterocycles. The molecule has 2 aliphatic rings. The number of hydrogen-bond donors (Lipinski definition) is 2. The molecule has 2 aromatic rings. The maximum atomic E-state index is 12.9. The molecular formula is C24H24ClN3O4. The SMILES string of the molecule is Cc1ccc(NC(=O)NCc2ccc3c(c2)CN([C@H]2CCCC(=O)CC2=O)C3=O)cc1Cl. The fourth-order valence-corrected chi connectivity index (χ4v) is 4.35. The van der Waals surface area contributed by atoms with Crippen molar-refractivity contribution in [1.29, 1.82) is 0 Å². The number of aryl methyl sites for hydroxylation is 1. The standard InChI is InChI=1S/C24H24ClN3O4/c1-14-5-7-17(10-20(14)25)27-24(32)26-12-15-6-8-19-16(9-15)13-28(23(19)31)21-4-2-3-18(29)11-22(21)30/h5-10,21H,2-4,11-13H2,1H3,(H2,26,27,32)/t21-/m0/s1. The Morgan fingerprint density at radius 1 is 1.16 bits per heavy atom. The topological polar surface area (TPSA) is 95.6 Å². The second kappa shape index (κ2) is 9.12. The Hall–Kier alpha value is -3.19. The van der Waals surface area contributed by atoms with Crippen LogP contribution in [0.25, 0.3) is 0 Å². The van der Waals surface area contributed by atoms with E-state index >= 15 is 0 Å². The van der Waals surface area contributed by atoms with E-state index in [1.807, 2.05) is 19.1 Å². The number of carbonyl (C=O) groups is 4. The van der Waals surface area contributed by atoms with Gasteiger partial charge in [-0.25, -0.2) is 4.79 Å². The van der Waals surface area contributed by atoms with Crippen molar-refractivity contribution < 1.29 is 19.2 Å². The maximum absolute atomic E-state index is 12.9. The molecule has 2 N–H and O–H groups in total. The molecule has 0 spiro atoms. The number of carbonyl (C=O) groups excluding carboxylic acids is 4.